The molecule has 0 bridgehead atoms. The maximum Gasteiger partial charge on any atom is 0.247 e. The smallest absolute Gasteiger partial charge is 0.233 e. The number of imidazole rings is 2. The lowest BCUT2D eigenvalue weighted by atomic mass is 10.2. The van der Waals surface area contributed by atoms with E-state index < -0.39 is 0 Å². The summed E-state index contributed by atoms with van der Waals surface area (Å²) in [6.07, 6.45) is 12.1. The van der Waals surface area contributed by atoms with Crippen LogP contribution in [-0.4, -0.2) is 9.13 Å². The van der Waals surface area contributed by atoms with Crippen LogP contribution in [0.15, 0.2) is 86.0 Å². The van der Waals surface area contributed by atoms with Gasteiger partial charge in [0.15, 0.2) is 0 Å². The predicted octanol–water partition coefficient (Wildman–Crippen LogP) is 2.75. The fourth-order valence-electron chi connectivity index (χ4n) is 3.02. The Hall–Kier alpha value is -3.28. The molecule has 27 heavy (non-hydrogen) atoms. The molecule has 4 aromatic rings. The van der Waals surface area contributed by atoms with E-state index >= 15 is 0 Å². The molecule has 0 fully saturated rings. The SMILES string of the molecule is Fc1ccc(Cn2cc[n+](C[n+]3ccn(Cc4ccc(F)cc4)c3)c2)cc1. The van der Waals surface area contributed by atoms with E-state index in [-0.39, 0.29) is 11.6 Å². The van der Waals surface area contributed by atoms with Crippen molar-refractivity contribution in [3.8, 4) is 0 Å². The van der Waals surface area contributed by atoms with E-state index in [2.05, 4.69) is 18.3 Å². The van der Waals surface area contributed by atoms with Gasteiger partial charge >= 0.3 is 0 Å². The topological polar surface area (TPSA) is 17.6 Å². The predicted molar refractivity (Wildman–Crippen MR) is 95.7 cm³/mol. The molecule has 0 unspecified atom stereocenters. The maximum atomic E-state index is 13.0. The standard InChI is InChI=1S/C21H20F2N4/c22-20-5-1-18(2-6-20)13-24-9-11-26(15-24)17-27-12-10-25(16-27)14-19-3-7-21(23)8-4-19/h1-12,15-16H,13-14,17H2/q+2. The van der Waals surface area contributed by atoms with Gasteiger partial charge in [-0.25, -0.2) is 17.9 Å². The molecular weight excluding hydrogens is 346 g/mol. The van der Waals surface area contributed by atoms with Gasteiger partial charge in [0.25, 0.3) is 0 Å². The molecule has 0 radical (unpaired) electrons. The van der Waals surface area contributed by atoms with Crippen LogP contribution in [0.2, 0.25) is 0 Å². The van der Waals surface area contributed by atoms with Crippen LogP contribution < -0.4 is 9.13 Å². The second-order valence-corrected chi connectivity index (χ2v) is 6.59. The molecule has 0 aliphatic carbocycles. The lowest BCUT2D eigenvalue weighted by molar-refractivity contribution is -0.912. The van der Waals surface area contributed by atoms with Crippen LogP contribution in [0, 0.1) is 11.6 Å². The number of nitrogens with zero attached hydrogens (tertiary/aromatic N) is 4. The average Bonchev–Trinajstić information content (AvgIpc) is 3.29. The molecule has 0 aliphatic heterocycles. The lowest BCUT2D eigenvalue weighted by Crippen LogP contribution is -2.49. The fraction of sp³-hybridized carbons (Fsp3) is 0.143. The molecule has 0 spiro atoms. The zero-order valence-corrected chi connectivity index (χ0v) is 14.7. The largest absolute Gasteiger partial charge is 0.247 e. The van der Waals surface area contributed by atoms with E-state index in [1.807, 2.05) is 37.4 Å². The summed E-state index contributed by atoms with van der Waals surface area (Å²) in [6.45, 7) is 2.08. The van der Waals surface area contributed by atoms with Crippen LogP contribution in [0.4, 0.5) is 8.78 Å². The molecule has 0 saturated carbocycles. The maximum absolute atomic E-state index is 13.0. The minimum Gasteiger partial charge on any atom is -0.233 e. The van der Waals surface area contributed by atoms with Gasteiger partial charge < -0.3 is 0 Å². The number of benzene rings is 2. The van der Waals surface area contributed by atoms with Gasteiger partial charge in [0.1, 0.15) is 49.5 Å². The van der Waals surface area contributed by atoms with Gasteiger partial charge in [-0.1, -0.05) is 24.3 Å². The van der Waals surface area contributed by atoms with E-state index in [0.29, 0.717) is 19.8 Å². The summed E-state index contributed by atoms with van der Waals surface area (Å²) in [6, 6.07) is 13.1. The number of halogens is 2. The normalized spacial score (nSPS) is 11.0. The summed E-state index contributed by atoms with van der Waals surface area (Å²) in [5, 5.41) is 0. The van der Waals surface area contributed by atoms with Crippen molar-refractivity contribution in [2.45, 2.75) is 19.8 Å². The van der Waals surface area contributed by atoms with Gasteiger partial charge in [-0.15, -0.1) is 0 Å². The highest BCUT2D eigenvalue weighted by Crippen LogP contribution is 2.05. The Balaban J connectivity index is 1.38. The molecule has 0 saturated heterocycles. The Morgan fingerprint density at radius 3 is 1.44 bits per heavy atom. The summed E-state index contributed by atoms with van der Waals surface area (Å²) in [4.78, 5) is 0. The van der Waals surface area contributed by atoms with Crippen molar-refractivity contribution in [1.29, 1.82) is 0 Å². The van der Waals surface area contributed by atoms with E-state index in [4.69, 9.17) is 0 Å². The van der Waals surface area contributed by atoms with Crippen molar-refractivity contribution in [3.63, 3.8) is 0 Å². The van der Waals surface area contributed by atoms with Crippen molar-refractivity contribution < 1.29 is 17.9 Å². The Morgan fingerprint density at radius 1 is 0.630 bits per heavy atom. The molecule has 0 N–H and O–H groups in total. The van der Waals surface area contributed by atoms with E-state index in [9.17, 15) is 8.78 Å². The van der Waals surface area contributed by atoms with Crippen molar-refractivity contribution in [2.24, 2.45) is 0 Å². The van der Waals surface area contributed by atoms with E-state index in [0.717, 1.165) is 11.1 Å². The minimum absolute atomic E-state index is 0.220. The molecule has 136 valence electrons. The van der Waals surface area contributed by atoms with Crippen LogP contribution in [-0.2, 0) is 19.8 Å². The van der Waals surface area contributed by atoms with Gasteiger partial charge in [0, 0.05) is 0 Å². The van der Waals surface area contributed by atoms with Crippen LogP contribution in [0.25, 0.3) is 0 Å². The van der Waals surface area contributed by atoms with Crippen LogP contribution >= 0.6 is 0 Å². The molecule has 0 aliphatic rings. The lowest BCUT2D eigenvalue weighted by Gasteiger charge is -1.98. The van der Waals surface area contributed by atoms with Gasteiger partial charge in [0.2, 0.25) is 19.3 Å². The molecule has 2 aromatic heterocycles. The van der Waals surface area contributed by atoms with Gasteiger partial charge in [-0.05, 0) is 35.4 Å². The first-order valence-electron chi connectivity index (χ1n) is 8.72. The Labute approximate surface area is 156 Å². The highest BCUT2D eigenvalue weighted by atomic mass is 19.1. The Kier molecular flexibility index (Phi) is 4.78. The zero-order chi connectivity index (χ0) is 18.6. The van der Waals surface area contributed by atoms with Crippen molar-refractivity contribution in [2.75, 3.05) is 0 Å². The van der Waals surface area contributed by atoms with Gasteiger partial charge in [-0.2, -0.15) is 9.13 Å². The molecule has 4 rings (SSSR count). The summed E-state index contributed by atoms with van der Waals surface area (Å²) in [5.41, 5.74) is 2.11. The van der Waals surface area contributed by atoms with E-state index in [1.54, 1.807) is 24.3 Å². The second-order valence-electron chi connectivity index (χ2n) is 6.59. The third kappa shape index (κ3) is 4.47. The second kappa shape index (κ2) is 7.53. The molecule has 0 amide bonds. The third-order valence-corrected chi connectivity index (χ3v) is 4.38. The molecule has 4 nitrogen and oxygen atoms in total. The monoisotopic (exact) mass is 366 g/mol. The first-order valence-corrected chi connectivity index (χ1v) is 8.72. The molecule has 6 heteroatoms. The Bertz CT molecular complexity index is 933. The number of rotatable bonds is 6. The van der Waals surface area contributed by atoms with Gasteiger partial charge in [0.05, 0.1) is 0 Å². The van der Waals surface area contributed by atoms with Crippen LogP contribution in [0.1, 0.15) is 11.1 Å². The highest BCUT2D eigenvalue weighted by Gasteiger charge is 2.10. The van der Waals surface area contributed by atoms with Crippen LogP contribution in [0.3, 0.4) is 0 Å². The van der Waals surface area contributed by atoms with Crippen molar-refractivity contribution in [3.05, 3.63) is 109 Å². The first kappa shape index (κ1) is 17.1. The summed E-state index contributed by atoms with van der Waals surface area (Å²) >= 11 is 0. The molecule has 2 heterocycles. The van der Waals surface area contributed by atoms with Crippen molar-refractivity contribution >= 4 is 0 Å². The van der Waals surface area contributed by atoms with Crippen molar-refractivity contribution in [1.82, 2.24) is 9.13 Å². The zero-order valence-electron chi connectivity index (χ0n) is 14.7. The quantitative estimate of drug-likeness (QED) is 0.467. The van der Waals surface area contributed by atoms with Gasteiger partial charge in [-0.3, -0.25) is 0 Å². The van der Waals surface area contributed by atoms with Crippen LogP contribution in [0.5, 0.6) is 0 Å². The third-order valence-electron chi connectivity index (χ3n) is 4.38. The fourth-order valence-corrected chi connectivity index (χ4v) is 3.02. The van der Waals surface area contributed by atoms with E-state index in [1.165, 1.54) is 24.3 Å². The molecule has 2 aromatic carbocycles. The molecular formula is C21H20F2N4+2. The number of aromatic nitrogens is 4. The number of hydrogen-bond acceptors (Lipinski definition) is 0. The average molecular weight is 366 g/mol. The first-order chi connectivity index (χ1) is 13.1. The summed E-state index contributed by atoms with van der Waals surface area (Å²) in [7, 11) is 0. The highest BCUT2D eigenvalue weighted by molar-refractivity contribution is 5.17. The molecule has 0 atom stereocenters. The Morgan fingerprint density at radius 2 is 1.04 bits per heavy atom. The number of hydrogen-bond donors (Lipinski definition) is 0. The summed E-state index contributed by atoms with van der Waals surface area (Å²) in [5.74, 6) is -0.439. The minimum atomic E-state index is -0.220. The summed E-state index contributed by atoms with van der Waals surface area (Å²) < 4.78 is 34.3.